The maximum atomic E-state index is 12.6. The van der Waals surface area contributed by atoms with Gasteiger partial charge < -0.3 is 4.74 Å². The third-order valence-electron chi connectivity index (χ3n) is 2.05. The summed E-state index contributed by atoms with van der Waals surface area (Å²) in [5.74, 6) is 1.25. The molecule has 0 spiro atoms. The second-order valence-corrected chi connectivity index (χ2v) is 4.43. The summed E-state index contributed by atoms with van der Waals surface area (Å²) in [6.45, 7) is 0.576. The van der Waals surface area contributed by atoms with Gasteiger partial charge in [0, 0.05) is 11.9 Å². The summed E-state index contributed by atoms with van der Waals surface area (Å²) in [5.41, 5.74) is 0. The maximum Gasteiger partial charge on any atom is 0.123 e. The van der Waals surface area contributed by atoms with Crippen LogP contribution in [0.3, 0.4) is 0 Å². The van der Waals surface area contributed by atoms with Gasteiger partial charge in [-0.15, -0.1) is 11.8 Å². The maximum absolute atomic E-state index is 12.6. The molecule has 2 nitrogen and oxygen atoms in total. The lowest BCUT2D eigenvalue weighted by molar-refractivity contribution is 0.343. The van der Waals surface area contributed by atoms with Crippen LogP contribution < -0.4 is 4.74 Å². The lowest BCUT2D eigenvalue weighted by Crippen LogP contribution is -2.00. The van der Waals surface area contributed by atoms with Crippen molar-refractivity contribution in [3.05, 3.63) is 54.5 Å². The predicted octanol–water partition coefficient (Wildman–Crippen LogP) is 3.39. The van der Waals surface area contributed by atoms with Crippen LogP contribution in [0.1, 0.15) is 0 Å². The summed E-state index contributed by atoms with van der Waals surface area (Å²) in [5, 5.41) is 0.982. The molecule has 0 N–H and O–H groups in total. The van der Waals surface area contributed by atoms with Gasteiger partial charge in [-0.3, -0.25) is 0 Å². The molecule has 1 heterocycles. The molecular weight excluding hydrogens is 237 g/mol. The molecule has 0 unspecified atom stereocenters. The molecule has 2 rings (SSSR count). The number of hydrogen-bond donors (Lipinski definition) is 0. The van der Waals surface area contributed by atoms with E-state index in [9.17, 15) is 4.39 Å². The van der Waals surface area contributed by atoms with Crippen molar-refractivity contribution < 1.29 is 9.13 Å². The standard InChI is InChI=1S/C13H12FNOS/c14-11-4-6-12(7-5-11)16-9-10-17-13-3-1-2-8-15-13/h1-8H,9-10H2. The Kier molecular flexibility index (Phi) is 4.38. The second-order valence-electron chi connectivity index (χ2n) is 3.32. The van der Waals surface area contributed by atoms with Crippen molar-refractivity contribution >= 4 is 11.8 Å². The van der Waals surface area contributed by atoms with Crippen LogP contribution in [0.25, 0.3) is 0 Å². The minimum Gasteiger partial charge on any atom is -0.493 e. The highest BCUT2D eigenvalue weighted by atomic mass is 32.2. The van der Waals surface area contributed by atoms with Gasteiger partial charge in [-0.2, -0.15) is 0 Å². The highest BCUT2D eigenvalue weighted by Gasteiger charge is 1.96. The molecule has 88 valence electrons. The summed E-state index contributed by atoms with van der Waals surface area (Å²) in [7, 11) is 0. The quantitative estimate of drug-likeness (QED) is 0.599. The van der Waals surface area contributed by atoms with Crippen LogP contribution in [0, 0.1) is 5.82 Å². The average molecular weight is 249 g/mol. The molecule has 0 fully saturated rings. The molecule has 0 radical (unpaired) electrons. The lowest BCUT2D eigenvalue weighted by atomic mass is 10.3. The molecule has 4 heteroatoms. The first kappa shape index (κ1) is 11.9. The number of halogens is 1. The summed E-state index contributed by atoms with van der Waals surface area (Å²) in [6, 6.07) is 11.8. The monoisotopic (exact) mass is 249 g/mol. The molecule has 0 bridgehead atoms. The number of ether oxygens (including phenoxy) is 1. The number of pyridine rings is 1. The molecular formula is C13H12FNOS. The van der Waals surface area contributed by atoms with Crippen molar-refractivity contribution in [2.45, 2.75) is 5.03 Å². The van der Waals surface area contributed by atoms with E-state index in [4.69, 9.17) is 4.74 Å². The zero-order valence-electron chi connectivity index (χ0n) is 9.17. The molecule has 0 saturated heterocycles. The Morgan fingerprint density at radius 2 is 1.94 bits per heavy atom. The highest BCUT2D eigenvalue weighted by molar-refractivity contribution is 7.99. The van der Waals surface area contributed by atoms with E-state index < -0.39 is 0 Å². The molecule has 0 aliphatic heterocycles. The Bertz CT molecular complexity index is 447. The molecule has 17 heavy (non-hydrogen) atoms. The van der Waals surface area contributed by atoms with Crippen molar-refractivity contribution in [1.82, 2.24) is 4.98 Å². The third-order valence-corrected chi connectivity index (χ3v) is 2.96. The minimum atomic E-state index is -0.250. The highest BCUT2D eigenvalue weighted by Crippen LogP contribution is 2.15. The molecule has 0 aliphatic carbocycles. The van der Waals surface area contributed by atoms with E-state index in [1.165, 1.54) is 12.1 Å². The van der Waals surface area contributed by atoms with E-state index in [-0.39, 0.29) is 5.82 Å². The molecule has 0 amide bonds. The number of rotatable bonds is 5. The van der Waals surface area contributed by atoms with Crippen LogP contribution >= 0.6 is 11.8 Å². The number of thioether (sulfide) groups is 1. The van der Waals surface area contributed by atoms with Gasteiger partial charge >= 0.3 is 0 Å². The predicted molar refractivity (Wildman–Crippen MR) is 66.9 cm³/mol. The van der Waals surface area contributed by atoms with Crippen molar-refractivity contribution in [2.24, 2.45) is 0 Å². The van der Waals surface area contributed by atoms with Gasteiger partial charge in [-0.25, -0.2) is 9.37 Å². The fraction of sp³-hybridized carbons (Fsp3) is 0.154. The molecule has 1 aromatic carbocycles. The van der Waals surface area contributed by atoms with Crippen LogP contribution in [0.4, 0.5) is 4.39 Å². The van der Waals surface area contributed by atoms with Gasteiger partial charge in [0.2, 0.25) is 0 Å². The van der Waals surface area contributed by atoms with E-state index in [1.54, 1.807) is 30.1 Å². The van der Waals surface area contributed by atoms with Gasteiger partial charge in [0.25, 0.3) is 0 Å². The van der Waals surface area contributed by atoms with E-state index >= 15 is 0 Å². The Morgan fingerprint density at radius 3 is 2.65 bits per heavy atom. The smallest absolute Gasteiger partial charge is 0.123 e. The number of nitrogens with zero attached hydrogens (tertiary/aromatic N) is 1. The fourth-order valence-corrected chi connectivity index (χ4v) is 1.96. The normalized spacial score (nSPS) is 10.2. The van der Waals surface area contributed by atoms with Crippen molar-refractivity contribution in [3.63, 3.8) is 0 Å². The summed E-state index contributed by atoms with van der Waals surface area (Å²) < 4.78 is 18.1. The SMILES string of the molecule is Fc1ccc(OCCSc2ccccn2)cc1. The zero-order valence-corrected chi connectivity index (χ0v) is 9.99. The second kappa shape index (κ2) is 6.25. The first-order chi connectivity index (χ1) is 8.34. The average Bonchev–Trinajstić information content (AvgIpc) is 2.38. The van der Waals surface area contributed by atoms with E-state index in [0.29, 0.717) is 12.4 Å². The summed E-state index contributed by atoms with van der Waals surface area (Å²) >= 11 is 1.63. The van der Waals surface area contributed by atoms with Crippen LogP contribution in [-0.2, 0) is 0 Å². The van der Waals surface area contributed by atoms with Gasteiger partial charge in [0.05, 0.1) is 11.6 Å². The topological polar surface area (TPSA) is 22.1 Å². The molecule has 2 aromatic rings. The zero-order chi connectivity index (χ0) is 11.9. The number of benzene rings is 1. The van der Waals surface area contributed by atoms with Crippen molar-refractivity contribution in [3.8, 4) is 5.75 Å². The first-order valence-corrected chi connectivity index (χ1v) is 6.25. The summed E-state index contributed by atoms with van der Waals surface area (Å²) in [6.07, 6.45) is 1.77. The van der Waals surface area contributed by atoms with E-state index in [1.807, 2.05) is 18.2 Å². The fourth-order valence-electron chi connectivity index (χ4n) is 1.27. The molecule has 0 atom stereocenters. The van der Waals surface area contributed by atoms with Crippen LogP contribution in [0.15, 0.2) is 53.7 Å². The molecule has 0 aliphatic rings. The van der Waals surface area contributed by atoms with E-state index in [0.717, 1.165) is 10.8 Å². The van der Waals surface area contributed by atoms with Crippen LogP contribution in [0.5, 0.6) is 5.75 Å². The first-order valence-electron chi connectivity index (χ1n) is 5.27. The van der Waals surface area contributed by atoms with Gasteiger partial charge in [0.15, 0.2) is 0 Å². The Morgan fingerprint density at radius 1 is 1.12 bits per heavy atom. The van der Waals surface area contributed by atoms with Gasteiger partial charge in [-0.05, 0) is 36.4 Å². The molecule has 1 aromatic heterocycles. The Hall–Kier alpha value is -1.55. The Balaban J connectivity index is 1.71. The Labute approximate surface area is 104 Å². The van der Waals surface area contributed by atoms with Crippen molar-refractivity contribution in [1.29, 1.82) is 0 Å². The summed E-state index contributed by atoms with van der Waals surface area (Å²) in [4.78, 5) is 4.19. The number of aromatic nitrogens is 1. The largest absolute Gasteiger partial charge is 0.493 e. The minimum absolute atomic E-state index is 0.250. The van der Waals surface area contributed by atoms with Gasteiger partial charge in [0.1, 0.15) is 11.6 Å². The van der Waals surface area contributed by atoms with E-state index in [2.05, 4.69) is 4.98 Å². The molecule has 0 saturated carbocycles. The van der Waals surface area contributed by atoms with Crippen LogP contribution in [-0.4, -0.2) is 17.3 Å². The van der Waals surface area contributed by atoms with Crippen molar-refractivity contribution in [2.75, 3.05) is 12.4 Å². The third kappa shape index (κ3) is 4.07. The lowest BCUT2D eigenvalue weighted by Gasteiger charge is -2.05. The van der Waals surface area contributed by atoms with Crippen LogP contribution in [0.2, 0.25) is 0 Å². The number of hydrogen-bond acceptors (Lipinski definition) is 3. The van der Waals surface area contributed by atoms with Gasteiger partial charge in [-0.1, -0.05) is 6.07 Å².